The summed E-state index contributed by atoms with van der Waals surface area (Å²) in [4.78, 5) is 29.5. The lowest BCUT2D eigenvalue weighted by molar-refractivity contribution is 0.0616. The van der Waals surface area contributed by atoms with Gasteiger partial charge in [-0.05, 0) is 30.3 Å². The molecule has 0 saturated carbocycles. The Morgan fingerprint density at radius 3 is 2.39 bits per heavy atom. The van der Waals surface area contributed by atoms with Gasteiger partial charge in [0, 0.05) is 37.7 Å². The van der Waals surface area contributed by atoms with Crippen molar-refractivity contribution >= 4 is 40.7 Å². The van der Waals surface area contributed by atoms with Crippen LogP contribution in [0.15, 0.2) is 42.5 Å². The van der Waals surface area contributed by atoms with Crippen molar-refractivity contribution in [2.24, 2.45) is 0 Å². The van der Waals surface area contributed by atoms with Gasteiger partial charge in [-0.3, -0.25) is 14.5 Å². The SMILES string of the molecule is O=C(Nc1ccccc1C(=O)N1CCN(CCO)CC1)c1ccc(Cl)cc1Cl. The maximum atomic E-state index is 13.0. The number of aliphatic hydroxyl groups excluding tert-OH is 1. The van der Waals surface area contributed by atoms with Gasteiger partial charge in [-0.25, -0.2) is 0 Å². The lowest BCUT2D eigenvalue weighted by Gasteiger charge is -2.34. The predicted molar refractivity (Wildman–Crippen MR) is 110 cm³/mol. The molecule has 2 amide bonds. The molecule has 2 aromatic carbocycles. The minimum Gasteiger partial charge on any atom is -0.395 e. The van der Waals surface area contributed by atoms with Crippen LogP contribution in [-0.4, -0.2) is 66.1 Å². The van der Waals surface area contributed by atoms with Gasteiger partial charge in [0.1, 0.15) is 0 Å². The number of carbonyl (C=O) groups excluding carboxylic acids is 2. The van der Waals surface area contributed by atoms with Crippen LogP contribution in [0.25, 0.3) is 0 Å². The summed E-state index contributed by atoms with van der Waals surface area (Å²) in [6.07, 6.45) is 0. The number of carbonyl (C=O) groups is 2. The van der Waals surface area contributed by atoms with Gasteiger partial charge >= 0.3 is 0 Å². The number of β-amino-alcohol motifs (C(OH)–C–C–N with tert-alkyl or cyclic N) is 1. The van der Waals surface area contributed by atoms with Gasteiger partial charge < -0.3 is 15.3 Å². The molecule has 0 aromatic heterocycles. The topological polar surface area (TPSA) is 72.9 Å². The second kappa shape index (κ2) is 9.39. The van der Waals surface area contributed by atoms with E-state index in [0.29, 0.717) is 49.0 Å². The Hall–Kier alpha value is -2.12. The van der Waals surface area contributed by atoms with Crippen LogP contribution in [0.1, 0.15) is 20.7 Å². The van der Waals surface area contributed by atoms with Crippen LogP contribution in [0, 0.1) is 0 Å². The molecule has 8 heteroatoms. The Bertz CT molecular complexity index is 868. The van der Waals surface area contributed by atoms with E-state index >= 15 is 0 Å². The second-order valence-corrected chi connectivity index (χ2v) is 7.32. The fraction of sp³-hybridized carbons (Fsp3) is 0.300. The Kier molecular flexibility index (Phi) is 6.91. The van der Waals surface area contributed by atoms with Gasteiger partial charge in [0.05, 0.1) is 28.4 Å². The summed E-state index contributed by atoms with van der Waals surface area (Å²) in [7, 11) is 0. The Morgan fingerprint density at radius 1 is 1.00 bits per heavy atom. The largest absolute Gasteiger partial charge is 0.395 e. The van der Waals surface area contributed by atoms with Crippen molar-refractivity contribution in [1.29, 1.82) is 0 Å². The Balaban J connectivity index is 1.74. The zero-order chi connectivity index (χ0) is 20.1. The molecule has 0 spiro atoms. The van der Waals surface area contributed by atoms with E-state index in [1.165, 1.54) is 6.07 Å². The Labute approximate surface area is 173 Å². The minimum absolute atomic E-state index is 0.107. The summed E-state index contributed by atoms with van der Waals surface area (Å²) in [5.74, 6) is -0.545. The molecule has 1 fully saturated rings. The number of benzene rings is 2. The van der Waals surface area contributed by atoms with Crippen molar-refractivity contribution in [3.8, 4) is 0 Å². The average molecular weight is 422 g/mol. The smallest absolute Gasteiger partial charge is 0.257 e. The molecule has 2 aromatic rings. The van der Waals surface area contributed by atoms with Crippen LogP contribution >= 0.6 is 23.2 Å². The van der Waals surface area contributed by atoms with Gasteiger partial charge in [-0.2, -0.15) is 0 Å². The zero-order valence-corrected chi connectivity index (χ0v) is 16.7. The predicted octanol–water partition coefficient (Wildman–Crippen LogP) is 3.00. The molecule has 1 saturated heterocycles. The number of piperazine rings is 1. The third-order valence-corrected chi connectivity index (χ3v) is 5.20. The Morgan fingerprint density at radius 2 is 1.71 bits per heavy atom. The highest BCUT2D eigenvalue weighted by molar-refractivity contribution is 6.37. The molecule has 148 valence electrons. The van der Waals surface area contributed by atoms with E-state index in [-0.39, 0.29) is 23.1 Å². The molecular weight excluding hydrogens is 401 g/mol. The molecule has 0 atom stereocenters. The fourth-order valence-corrected chi connectivity index (χ4v) is 3.62. The van der Waals surface area contributed by atoms with Gasteiger partial charge in [0.25, 0.3) is 11.8 Å². The van der Waals surface area contributed by atoms with Crippen molar-refractivity contribution in [1.82, 2.24) is 9.80 Å². The number of para-hydroxylation sites is 1. The van der Waals surface area contributed by atoms with Gasteiger partial charge in [-0.15, -0.1) is 0 Å². The fourth-order valence-electron chi connectivity index (χ4n) is 3.13. The van der Waals surface area contributed by atoms with Crippen molar-refractivity contribution in [2.45, 2.75) is 0 Å². The van der Waals surface area contributed by atoms with Crippen molar-refractivity contribution < 1.29 is 14.7 Å². The number of anilines is 1. The molecule has 1 heterocycles. The highest BCUT2D eigenvalue weighted by Crippen LogP contribution is 2.24. The first kappa shape index (κ1) is 20.6. The number of halogens is 2. The highest BCUT2D eigenvalue weighted by Gasteiger charge is 2.24. The van der Waals surface area contributed by atoms with Crippen LogP contribution in [-0.2, 0) is 0 Å². The van der Waals surface area contributed by atoms with E-state index in [1.807, 2.05) is 0 Å². The first-order chi connectivity index (χ1) is 13.5. The molecule has 2 N–H and O–H groups in total. The average Bonchev–Trinajstić information content (AvgIpc) is 2.68. The number of nitrogens with zero attached hydrogens (tertiary/aromatic N) is 2. The second-order valence-electron chi connectivity index (χ2n) is 6.48. The lowest BCUT2D eigenvalue weighted by Crippen LogP contribution is -2.49. The molecule has 0 radical (unpaired) electrons. The summed E-state index contributed by atoms with van der Waals surface area (Å²) >= 11 is 12.0. The monoisotopic (exact) mass is 421 g/mol. The quantitative estimate of drug-likeness (QED) is 0.777. The summed E-state index contributed by atoms with van der Waals surface area (Å²) in [6.45, 7) is 3.28. The third kappa shape index (κ3) is 4.83. The standard InChI is InChI=1S/C20H21Cl2N3O3/c21-14-5-6-15(17(22)13-14)19(27)23-18-4-2-1-3-16(18)20(28)25-9-7-24(8-10-25)11-12-26/h1-6,13,26H,7-12H2,(H,23,27). The van der Waals surface area contributed by atoms with E-state index in [0.717, 1.165) is 0 Å². The summed E-state index contributed by atoms with van der Waals surface area (Å²) in [6, 6.07) is 11.5. The van der Waals surface area contributed by atoms with E-state index in [2.05, 4.69) is 10.2 Å². The summed E-state index contributed by atoms with van der Waals surface area (Å²) < 4.78 is 0. The van der Waals surface area contributed by atoms with E-state index in [4.69, 9.17) is 28.3 Å². The molecule has 1 aliphatic rings. The number of amides is 2. The number of aliphatic hydroxyl groups is 1. The molecule has 6 nitrogen and oxygen atoms in total. The number of hydrogen-bond donors (Lipinski definition) is 2. The van der Waals surface area contributed by atoms with Crippen LogP contribution in [0.4, 0.5) is 5.69 Å². The first-order valence-corrected chi connectivity index (χ1v) is 9.73. The van der Waals surface area contributed by atoms with Crippen LogP contribution in [0.5, 0.6) is 0 Å². The molecule has 3 rings (SSSR count). The normalized spacial score (nSPS) is 14.8. The van der Waals surface area contributed by atoms with Crippen molar-refractivity contribution in [2.75, 3.05) is 44.6 Å². The molecule has 0 unspecified atom stereocenters. The molecule has 0 aliphatic carbocycles. The number of hydrogen-bond acceptors (Lipinski definition) is 4. The van der Waals surface area contributed by atoms with E-state index in [1.54, 1.807) is 41.3 Å². The zero-order valence-electron chi connectivity index (χ0n) is 15.2. The molecular formula is C20H21Cl2N3O3. The summed E-state index contributed by atoms with van der Waals surface area (Å²) in [5, 5.41) is 12.5. The molecule has 0 bridgehead atoms. The first-order valence-electron chi connectivity index (χ1n) is 8.97. The van der Waals surface area contributed by atoms with Gasteiger partial charge in [0.15, 0.2) is 0 Å². The van der Waals surface area contributed by atoms with E-state index < -0.39 is 5.91 Å². The van der Waals surface area contributed by atoms with Gasteiger partial charge in [-0.1, -0.05) is 35.3 Å². The minimum atomic E-state index is -0.408. The molecule has 28 heavy (non-hydrogen) atoms. The van der Waals surface area contributed by atoms with Crippen LogP contribution in [0.2, 0.25) is 10.0 Å². The maximum Gasteiger partial charge on any atom is 0.257 e. The van der Waals surface area contributed by atoms with Crippen molar-refractivity contribution in [3.05, 3.63) is 63.6 Å². The molecule has 1 aliphatic heterocycles. The number of nitrogens with one attached hydrogen (secondary N) is 1. The number of rotatable bonds is 5. The van der Waals surface area contributed by atoms with Crippen molar-refractivity contribution in [3.63, 3.8) is 0 Å². The highest BCUT2D eigenvalue weighted by atomic mass is 35.5. The lowest BCUT2D eigenvalue weighted by atomic mass is 10.1. The van der Waals surface area contributed by atoms with Crippen LogP contribution < -0.4 is 5.32 Å². The van der Waals surface area contributed by atoms with Gasteiger partial charge in [0.2, 0.25) is 0 Å². The van der Waals surface area contributed by atoms with Crippen LogP contribution in [0.3, 0.4) is 0 Å². The third-order valence-electron chi connectivity index (χ3n) is 4.66. The van der Waals surface area contributed by atoms with E-state index in [9.17, 15) is 9.59 Å². The maximum absolute atomic E-state index is 13.0. The summed E-state index contributed by atoms with van der Waals surface area (Å²) in [5.41, 5.74) is 1.14.